The predicted molar refractivity (Wildman–Crippen MR) is 55.0 cm³/mol. The molecule has 2 aliphatic rings. The third kappa shape index (κ3) is 2.10. The van der Waals surface area contributed by atoms with E-state index in [9.17, 15) is 0 Å². The largest absolute Gasteiger partial charge is 0.497 e. The summed E-state index contributed by atoms with van der Waals surface area (Å²) in [6.07, 6.45) is 5.68. The Balaban J connectivity index is 1.99. The molecule has 2 unspecified atom stereocenters. The molecular weight excluding hydrogens is 178 g/mol. The lowest BCUT2D eigenvalue weighted by Crippen LogP contribution is -2.37. The van der Waals surface area contributed by atoms with E-state index >= 15 is 0 Å². The van der Waals surface area contributed by atoms with Crippen molar-refractivity contribution in [3.8, 4) is 0 Å². The molecule has 2 atom stereocenters. The summed E-state index contributed by atoms with van der Waals surface area (Å²) in [6, 6.07) is 0.359. The summed E-state index contributed by atoms with van der Waals surface area (Å²) in [7, 11) is 2.00. The minimum Gasteiger partial charge on any atom is -0.497 e. The second-order valence-electron chi connectivity index (χ2n) is 3.99. The lowest BCUT2D eigenvalue weighted by molar-refractivity contribution is 0.139. The quantitative estimate of drug-likeness (QED) is 0.740. The van der Waals surface area contributed by atoms with Crippen LogP contribution in [0.4, 0.5) is 0 Å². The maximum atomic E-state index is 5.69. The van der Waals surface area contributed by atoms with Gasteiger partial charge in [0.1, 0.15) is 5.76 Å². The lowest BCUT2D eigenvalue weighted by Gasteiger charge is -2.27. The molecule has 0 radical (unpaired) electrons. The van der Waals surface area contributed by atoms with Crippen molar-refractivity contribution in [2.75, 3.05) is 26.9 Å². The van der Waals surface area contributed by atoms with Gasteiger partial charge in [-0.3, -0.25) is 0 Å². The summed E-state index contributed by atoms with van der Waals surface area (Å²) in [4.78, 5) is 0. The number of ether oxygens (including phenoxy) is 2. The molecule has 2 rings (SSSR count). The van der Waals surface area contributed by atoms with Gasteiger partial charge in [0.15, 0.2) is 0 Å². The van der Waals surface area contributed by atoms with Crippen molar-refractivity contribution < 1.29 is 9.47 Å². The number of allylic oxidation sites excluding steroid dienone is 1. The molecule has 0 aromatic heterocycles. The van der Waals surface area contributed by atoms with Crippen molar-refractivity contribution >= 4 is 0 Å². The molecule has 80 valence electrons. The minimum atomic E-state index is 0.359. The number of nitrogens with one attached hydrogen (secondary N) is 1. The highest BCUT2D eigenvalue weighted by atomic mass is 16.5. The molecule has 0 aromatic carbocycles. The van der Waals surface area contributed by atoms with Gasteiger partial charge in [0.05, 0.1) is 19.3 Å². The first-order chi connectivity index (χ1) is 6.92. The normalized spacial score (nSPS) is 29.5. The molecule has 3 heteroatoms. The average molecular weight is 197 g/mol. The monoisotopic (exact) mass is 197 g/mol. The zero-order valence-corrected chi connectivity index (χ0v) is 8.79. The van der Waals surface area contributed by atoms with E-state index in [0.717, 1.165) is 44.8 Å². The van der Waals surface area contributed by atoms with Crippen molar-refractivity contribution in [2.24, 2.45) is 5.92 Å². The van der Waals surface area contributed by atoms with Gasteiger partial charge in [0.25, 0.3) is 0 Å². The SMILES string of the molecule is CNC(C1=CCCCO1)C1CCOC1. The highest BCUT2D eigenvalue weighted by Crippen LogP contribution is 2.24. The van der Waals surface area contributed by atoms with Gasteiger partial charge in [-0.2, -0.15) is 0 Å². The maximum Gasteiger partial charge on any atom is 0.109 e. The molecule has 1 fully saturated rings. The Bertz CT molecular complexity index is 209. The summed E-state index contributed by atoms with van der Waals surface area (Å²) in [5.41, 5.74) is 0. The minimum absolute atomic E-state index is 0.359. The van der Waals surface area contributed by atoms with Crippen molar-refractivity contribution in [1.29, 1.82) is 0 Å². The second-order valence-corrected chi connectivity index (χ2v) is 3.99. The fourth-order valence-corrected chi connectivity index (χ4v) is 2.22. The van der Waals surface area contributed by atoms with Crippen LogP contribution in [0.1, 0.15) is 19.3 Å². The van der Waals surface area contributed by atoms with Gasteiger partial charge in [-0.1, -0.05) is 0 Å². The summed E-state index contributed by atoms with van der Waals surface area (Å²) >= 11 is 0. The van der Waals surface area contributed by atoms with Gasteiger partial charge in [0, 0.05) is 12.5 Å². The van der Waals surface area contributed by atoms with Crippen molar-refractivity contribution in [3.63, 3.8) is 0 Å². The molecule has 0 aromatic rings. The molecule has 0 bridgehead atoms. The predicted octanol–water partition coefficient (Wildman–Crippen LogP) is 1.31. The van der Waals surface area contributed by atoms with Crippen LogP contribution in [0, 0.1) is 5.92 Å². The Kier molecular flexibility index (Phi) is 3.43. The Morgan fingerprint density at radius 2 is 2.43 bits per heavy atom. The highest BCUT2D eigenvalue weighted by Gasteiger charge is 2.28. The van der Waals surface area contributed by atoms with Gasteiger partial charge in [0.2, 0.25) is 0 Å². The van der Waals surface area contributed by atoms with Crippen LogP contribution < -0.4 is 5.32 Å². The third-order valence-electron chi connectivity index (χ3n) is 3.02. The van der Waals surface area contributed by atoms with Crippen LogP contribution >= 0.6 is 0 Å². The smallest absolute Gasteiger partial charge is 0.109 e. The van der Waals surface area contributed by atoms with Gasteiger partial charge in [-0.25, -0.2) is 0 Å². The molecule has 0 amide bonds. The van der Waals surface area contributed by atoms with Crippen molar-refractivity contribution in [3.05, 3.63) is 11.8 Å². The van der Waals surface area contributed by atoms with Crippen LogP contribution in [0.25, 0.3) is 0 Å². The van der Waals surface area contributed by atoms with E-state index in [-0.39, 0.29) is 0 Å². The zero-order chi connectivity index (χ0) is 9.80. The molecule has 3 nitrogen and oxygen atoms in total. The molecule has 2 aliphatic heterocycles. The van der Waals surface area contributed by atoms with Gasteiger partial charge >= 0.3 is 0 Å². The summed E-state index contributed by atoms with van der Waals surface area (Å²) in [5.74, 6) is 1.72. The molecule has 1 N–H and O–H groups in total. The zero-order valence-electron chi connectivity index (χ0n) is 8.79. The fraction of sp³-hybridized carbons (Fsp3) is 0.818. The van der Waals surface area contributed by atoms with Crippen LogP contribution in [-0.2, 0) is 9.47 Å². The number of likely N-dealkylation sites (N-methyl/N-ethyl adjacent to an activating group) is 1. The Hall–Kier alpha value is -0.540. The van der Waals surface area contributed by atoms with E-state index in [1.807, 2.05) is 7.05 Å². The lowest BCUT2D eigenvalue weighted by atomic mass is 9.96. The molecule has 0 aliphatic carbocycles. The first-order valence-electron chi connectivity index (χ1n) is 5.49. The van der Waals surface area contributed by atoms with Crippen LogP contribution in [0.5, 0.6) is 0 Å². The summed E-state index contributed by atoms with van der Waals surface area (Å²) in [5, 5.41) is 3.34. The van der Waals surface area contributed by atoms with Crippen molar-refractivity contribution in [1.82, 2.24) is 5.32 Å². The molecule has 0 saturated carbocycles. The standard InChI is InChI=1S/C11H19NO2/c1-12-11(9-5-7-13-8-9)10-4-2-3-6-14-10/h4,9,11-12H,2-3,5-8H2,1H3. The average Bonchev–Trinajstić information content (AvgIpc) is 2.74. The van der Waals surface area contributed by atoms with E-state index in [1.165, 1.54) is 0 Å². The van der Waals surface area contributed by atoms with E-state index in [2.05, 4.69) is 11.4 Å². The Labute approximate surface area is 85.5 Å². The van der Waals surface area contributed by atoms with Crippen molar-refractivity contribution in [2.45, 2.75) is 25.3 Å². The first kappa shape index (κ1) is 9.99. The molecule has 2 heterocycles. The fourth-order valence-electron chi connectivity index (χ4n) is 2.22. The molecule has 0 spiro atoms. The molecular formula is C11H19NO2. The first-order valence-corrected chi connectivity index (χ1v) is 5.49. The van der Waals surface area contributed by atoms with Crippen LogP contribution in [0.3, 0.4) is 0 Å². The Morgan fingerprint density at radius 3 is 3.00 bits per heavy atom. The second kappa shape index (κ2) is 4.80. The number of hydrogen-bond acceptors (Lipinski definition) is 3. The number of hydrogen-bond donors (Lipinski definition) is 1. The van der Waals surface area contributed by atoms with Crippen LogP contribution in [0.2, 0.25) is 0 Å². The van der Waals surface area contributed by atoms with E-state index in [0.29, 0.717) is 12.0 Å². The molecule has 14 heavy (non-hydrogen) atoms. The van der Waals surface area contributed by atoms with E-state index in [1.54, 1.807) is 0 Å². The van der Waals surface area contributed by atoms with E-state index < -0.39 is 0 Å². The van der Waals surface area contributed by atoms with E-state index in [4.69, 9.17) is 9.47 Å². The van der Waals surface area contributed by atoms with Crippen LogP contribution in [0.15, 0.2) is 11.8 Å². The third-order valence-corrected chi connectivity index (χ3v) is 3.02. The maximum absolute atomic E-state index is 5.69. The van der Waals surface area contributed by atoms with Gasteiger partial charge in [-0.15, -0.1) is 0 Å². The summed E-state index contributed by atoms with van der Waals surface area (Å²) < 4.78 is 11.1. The highest BCUT2D eigenvalue weighted by molar-refractivity contribution is 5.08. The van der Waals surface area contributed by atoms with Crippen LogP contribution in [-0.4, -0.2) is 32.9 Å². The topological polar surface area (TPSA) is 30.5 Å². The van der Waals surface area contributed by atoms with Gasteiger partial charge in [-0.05, 0) is 32.4 Å². The Morgan fingerprint density at radius 1 is 1.50 bits per heavy atom. The number of rotatable bonds is 3. The molecule has 1 saturated heterocycles. The van der Waals surface area contributed by atoms with Gasteiger partial charge < -0.3 is 14.8 Å². The summed E-state index contributed by atoms with van der Waals surface area (Å²) in [6.45, 7) is 2.64.